The highest BCUT2D eigenvalue weighted by Crippen LogP contribution is 2.50. The van der Waals surface area contributed by atoms with Gasteiger partial charge in [-0.15, -0.1) is 0 Å². The van der Waals surface area contributed by atoms with Gasteiger partial charge < -0.3 is 23.5 Å². The van der Waals surface area contributed by atoms with Crippen LogP contribution in [0.4, 0.5) is 11.4 Å². The number of aryl methyl sites for hydroxylation is 1. The minimum Gasteiger partial charge on any atom is -0.748 e. The number of aliphatic imine (C=N–C) groups is 1. The Kier molecular flexibility index (Phi) is 13.8. The number of isothiocyanates is 1. The molecule has 2 aromatic rings. The smallest absolute Gasteiger partial charge is 0.206 e. The Labute approximate surface area is 366 Å². The number of nitrogens with zero attached hydrogens (tertiary/aromatic N) is 5. The van der Waals surface area contributed by atoms with Gasteiger partial charge in [-0.05, 0) is 92.4 Å². The first kappa shape index (κ1) is 46.7. The second-order valence-corrected chi connectivity index (χ2v) is 21.7. The summed E-state index contributed by atoms with van der Waals surface area (Å²) in [6.45, 7) is 15.2. The SMILES string of the molecule is Cc1ccc2c(c1)C(C)(C)C(=CC=C1CC/C(=C\C=C3\N(CCCS(=O)(=O)[O-])c4ccc(S(=O)(=O)[O-])cc4C3(C)C)C1=[N+]1CCN(CCN=C=S)CC1)N2CCCS(=O)(=O)[O-]. The van der Waals surface area contributed by atoms with Crippen molar-refractivity contribution >= 4 is 64.8 Å². The summed E-state index contributed by atoms with van der Waals surface area (Å²) in [5.74, 6) is -1.02. The van der Waals surface area contributed by atoms with E-state index in [4.69, 9.17) is 12.2 Å². The zero-order chi connectivity index (χ0) is 44.5. The van der Waals surface area contributed by atoms with Gasteiger partial charge in [-0.3, -0.25) is 4.90 Å². The van der Waals surface area contributed by atoms with Crippen molar-refractivity contribution in [3.63, 3.8) is 0 Å². The summed E-state index contributed by atoms with van der Waals surface area (Å²) in [6.07, 6.45) is 10.0. The van der Waals surface area contributed by atoms with E-state index in [-0.39, 0.29) is 24.3 Å². The molecule has 330 valence electrons. The minimum absolute atomic E-state index is 0.0410. The summed E-state index contributed by atoms with van der Waals surface area (Å²) in [7, 11) is -13.6. The Morgan fingerprint density at radius 3 is 1.70 bits per heavy atom. The Morgan fingerprint density at radius 1 is 0.738 bits per heavy atom. The molecule has 0 bridgehead atoms. The van der Waals surface area contributed by atoms with Gasteiger partial charge in [-0.25, -0.2) is 34.8 Å². The normalized spacial score (nSPS) is 21.8. The number of thiocarbonyl (C=S) groups is 1. The third-order valence-electron chi connectivity index (χ3n) is 12.2. The van der Waals surface area contributed by atoms with Crippen molar-refractivity contribution in [2.24, 2.45) is 4.99 Å². The number of benzene rings is 2. The molecule has 0 aromatic heterocycles. The minimum atomic E-state index is -4.76. The van der Waals surface area contributed by atoms with Crippen molar-refractivity contribution < 1.29 is 43.5 Å². The van der Waals surface area contributed by atoms with Crippen molar-refractivity contribution in [1.82, 2.24) is 4.90 Å². The second kappa shape index (κ2) is 18.1. The molecular formula is C43H53N5O9S4-2. The van der Waals surface area contributed by atoms with Gasteiger partial charge >= 0.3 is 0 Å². The van der Waals surface area contributed by atoms with Crippen LogP contribution in [-0.4, -0.2) is 123 Å². The molecule has 61 heavy (non-hydrogen) atoms. The molecule has 0 atom stereocenters. The summed E-state index contributed by atoms with van der Waals surface area (Å²) in [5, 5.41) is 2.44. The van der Waals surface area contributed by atoms with Crippen LogP contribution in [-0.2, 0) is 41.2 Å². The molecular weight excluding hydrogens is 859 g/mol. The van der Waals surface area contributed by atoms with Crippen molar-refractivity contribution in [3.8, 4) is 0 Å². The van der Waals surface area contributed by atoms with Crippen molar-refractivity contribution in [2.75, 3.05) is 73.7 Å². The number of allylic oxidation sites excluding steroid dienone is 8. The molecule has 14 nitrogen and oxygen atoms in total. The van der Waals surface area contributed by atoms with Gasteiger partial charge in [0, 0.05) is 75.9 Å². The van der Waals surface area contributed by atoms with E-state index in [1.54, 1.807) is 6.07 Å². The molecule has 1 aliphatic carbocycles. The predicted octanol–water partition coefficient (Wildman–Crippen LogP) is 4.95. The van der Waals surface area contributed by atoms with Gasteiger partial charge in [0.15, 0.2) is 13.1 Å². The highest BCUT2D eigenvalue weighted by atomic mass is 32.2. The maximum atomic E-state index is 12.1. The first-order valence-electron chi connectivity index (χ1n) is 20.4. The van der Waals surface area contributed by atoms with E-state index in [1.807, 2.05) is 37.8 Å². The average Bonchev–Trinajstić information content (AvgIpc) is 3.73. The monoisotopic (exact) mass is 911 g/mol. The lowest BCUT2D eigenvalue weighted by molar-refractivity contribution is -0.538. The van der Waals surface area contributed by atoms with Gasteiger partial charge in [0.2, 0.25) is 5.71 Å². The molecule has 2 fully saturated rings. The molecule has 3 aliphatic heterocycles. The molecule has 1 saturated heterocycles. The first-order valence-corrected chi connectivity index (χ1v) is 25.3. The van der Waals surface area contributed by atoms with Gasteiger partial charge in [0.1, 0.15) is 10.1 Å². The van der Waals surface area contributed by atoms with Crippen LogP contribution in [0.2, 0.25) is 0 Å². The Bertz CT molecular complexity index is 2610. The second-order valence-electron chi connectivity index (χ2n) is 17.1. The highest BCUT2D eigenvalue weighted by Gasteiger charge is 2.42. The van der Waals surface area contributed by atoms with Gasteiger partial charge in [0.05, 0.1) is 49.9 Å². The number of rotatable bonds is 14. The van der Waals surface area contributed by atoms with Crippen molar-refractivity contribution in [2.45, 2.75) is 76.0 Å². The summed E-state index contributed by atoms with van der Waals surface area (Å²) < 4.78 is 108. The number of hydrogen-bond acceptors (Lipinski definition) is 14. The molecule has 0 spiro atoms. The van der Waals surface area contributed by atoms with Crippen LogP contribution in [0.1, 0.15) is 70.1 Å². The molecule has 6 rings (SSSR count). The van der Waals surface area contributed by atoms with E-state index in [0.717, 1.165) is 84.2 Å². The van der Waals surface area contributed by atoms with Crippen molar-refractivity contribution in [3.05, 3.63) is 99.9 Å². The lowest BCUT2D eigenvalue weighted by atomic mass is 9.83. The lowest BCUT2D eigenvalue weighted by Crippen LogP contribution is -2.45. The number of hydrogen-bond donors (Lipinski definition) is 0. The van der Waals surface area contributed by atoms with E-state index in [9.17, 15) is 38.9 Å². The quantitative estimate of drug-likeness (QED) is 0.107. The fraction of sp³-hybridized carbons (Fsp3) is 0.488. The Morgan fingerprint density at radius 2 is 1.23 bits per heavy atom. The number of piperazine rings is 1. The molecule has 0 unspecified atom stereocenters. The van der Waals surface area contributed by atoms with Crippen LogP contribution in [0.15, 0.2) is 93.1 Å². The average molecular weight is 912 g/mol. The van der Waals surface area contributed by atoms with E-state index < -0.39 is 52.7 Å². The molecule has 0 amide bonds. The van der Waals surface area contributed by atoms with Crippen LogP contribution < -0.4 is 9.80 Å². The lowest BCUT2D eigenvalue weighted by Gasteiger charge is -2.27. The van der Waals surface area contributed by atoms with E-state index in [1.165, 1.54) is 12.1 Å². The van der Waals surface area contributed by atoms with Gasteiger partial charge in [0.25, 0.3) is 0 Å². The van der Waals surface area contributed by atoms with Crippen LogP contribution in [0, 0.1) is 6.92 Å². The number of fused-ring (bicyclic) bond motifs is 2. The summed E-state index contributed by atoms with van der Waals surface area (Å²) in [4.78, 5) is 10.1. The zero-order valence-corrected chi connectivity index (χ0v) is 38.5. The van der Waals surface area contributed by atoms with E-state index in [2.05, 4.69) is 68.7 Å². The van der Waals surface area contributed by atoms with Crippen LogP contribution in [0.25, 0.3) is 0 Å². The maximum absolute atomic E-state index is 12.1. The van der Waals surface area contributed by atoms with Crippen LogP contribution in [0.5, 0.6) is 0 Å². The van der Waals surface area contributed by atoms with Gasteiger partial charge in [-0.1, -0.05) is 57.5 Å². The van der Waals surface area contributed by atoms with Gasteiger partial charge in [-0.2, -0.15) is 0 Å². The van der Waals surface area contributed by atoms with E-state index in [0.29, 0.717) is 30.8 Å². The number of anilines is 2. The third-order valence-corrected chi connectivity index (χ3v) is 14.7. The molecule has 1 saturated carbocycles. The van der Waals surface area contributed by atoms with E-state index >= 15 is 0 Å². The van der Waals surface area contributed by atoms with Crippen LogP contribution in [0.3, 0.4) is 0 Å². The fourth-order valence-corrected chi connectivity index (χ4v) is 10.7. The van der Waals surface area contributed by atoms with Crippen LogP contribution >= 0.6 is 12.2 Å². The predicted molar refractivity (Wildman–Crippen MR) is 238 cm³/mol. The largest absolute Gasteiger partial charge is 0.748 e. The molecule has 18 heteroatoms. The first-order chi connectivity index (χ1) is 28.5. The highest BCUT2D eigenvalue weighted by molar-refractivity contribution is 7.86. The molecule has 3 heterocycles. The Balaban J connectivity index is 1.43. The molecule has 2 aromatic carbocycles. The van der Waals surface area contributed by atoms with Crippen molar-refractivity contribution in [1.29, 1.82) is 0 Å². The zero-order valence-electron chi connectivity index (χ0n) is 35.2. The molecule has 0 N–H and O–H groups in total. The topological polar surface area (TPSA) is 197 Å². The molecule has 0 radical (unpaired) electrons. The summed E-state index contributed by atoms with van der Waals surface area (Å²) >= 11 is 4.76. The summed E-state index contributed by atoms with van der Waals surface area (Å²) in [5.41, 5.74) is 8.28. The fourth-order valence-electron chi connectivity index (χ4n) is 9.11. The standard InChI is InChI=1S/C43H55N5O9S4/c1-31-8-14-37-35(28-31)42(2,3)39(47(37)19-6-26-59(49,50)51)16-11-32-9-10-33(41(32)46-24-22-45(23-25-46)21-18-44-30-58)12-17-40-43(4,5)36-29-34(61(55,56)57)13-15-38(36)48(40)20-7-27-60(52,53)54/h8,11-17,28-29H,6-7,9-10,18-27H2,1-5H3,(H2-,49,50,51,52,53,54,55,56,57)/p-2. The summed E-state index contributed by atoms with van der Waals surface area (Å²) in [6, 6.07) is 10.4. The Hall–Kier alpha value is -3.84. The molecule has 4 aliphatic rings. The maximum Gasteiger partial charge on any atom is 0.206 e. The third kappa shape index (κ3) is 10.7.